The van der Waals surface area contributed by atoms with Crippen LogP contribution in [0.25, 0.3) is 0 Å². The van der Waals surface area contributed by atoms with Crippen molar-refractivity contribution in [2.75, 3.05) is 19.6 Å². The second-order valence-corrected chi connectivity index (χ2v) is 7.54. The molecule has 0 aliphatic heterocycles. The number of hydrogen-bond donors (Lipinski definition) is 1. The summed E-state index contributed by atoms with van der Waals surface area (Å²) in [7, 11) is 0. The molecule has 1 aromatic rings. The molecule has 1 N–H and O–H groups in total. The highest BCUT2D eigenvalue weighted by molar-refractivity contribution is 5.19. The maximum absolute atomic E-state index is 3.80. The van der Waals surface area contributed by atoms with E-state index in [9.17, 15) is 0 Å². The number of nitrogens with zero attached hydrogens (tertiary/aromatic N) is 1. The lowest BCUT2D eigenvalue weighted by atomic mass is 9.85. The molecule has 1 aliphatic carbocycles. The van der Waals surface area contributed by atoms with Crippen LogP contribution >= 0.6 is 0 Å². The van der Waals surface area contributed by atoms with Crippen LogP contribution in [-0.2, 0) is 0 Å². The van der Waals surface area contributed by atoms with Crippen LogP contribution in [0.5, 0.6) is 0 Å². The SMILES string of the molecule is CCN(CCNC(CC(C)(C)C)c1ccccc1)C1CC1. The predicted molar refractivity (Wildman–Crippen MR) is 91.5 cm³/mol. The highest BCUT2D eigenvalue weighted by Gasteiger charge is 2.27. The summed E-state index contributed by atoms with van der Waals surface area (Å²) in [6.07, 6.45) is 3.97. The first kappa shape index (κ1) is 16.5. The number of likely N-dealkylation sites (N-methyl/N-ethyl adjacent to an activating group) is 1. The number of rotatable bonds is 8. The highest BCUT2D eigenvalue weighted by Crippen LogP contribution is 2.29. The van der Waals surface area contributed by atoms with Gasteiger partial charge in [-0.1, -0.05) is 58.0 Å². The lowest BCUT2D eigenvalue weighted by Crippen LogP contribution is -2.36. The van der Waals surface area contributed by atoms with Crippen molar-refractivity contribution in [2.24, 2.45) is 5.41 Å². The monoisotopic (exact) mass is 288 g/mol. The van der Waals surface area contributed by atoms with E-state index in [1.807, 2.05) is 0 Å². The lowest BCUT2D eigenvalue weighted by Gasteiger charge is -2.28. The maximum Gasteiger partial charge on any atom is 0.0325 e. The smallest absolute Gasteiger partial charge is 0.0325 e. The van der Waals surface area contributed by atoms with Gasteiger partial charge in [0.15, 0.2) is 0 Å². The summed E-state index contributed by atoms with van der Waals surface area (Å²) in [5, 5.41) is 3.80. The van der Waals surface area contributed by atoms with Crippen LogP contribution in [0.15, 0.2) is 30.3 Å². The van der Waals surface area contributed by atoms with Crippen molar-refractivity contribution in [3.63, 3.8) is 0 Å². The minimum atomic E-state index is 0.342. The molecule has 1 saturated carbocycles. The van der Waals surface area contributed by atoms with Crippen molar-refractivity contribution in [1.29, 1.82) is 0 Å². The van der Waals surface area contributed by atoms with Gasteiger partial charge in [-0.2, -0.15) is 0 Å². The van der Waals surface area contributed by atoms with E-state index >= 15 is 0 Å². The molecule has 1 atom stereocenters. The Hall–Kier alpha value is -0.860. The van der Waals surface area contributed by atoms with Crippen LogP contribution in [-0.4, -0.2) is 30.6 Å². The van der Waals surface area contributed by atoms with Gasteiger partial charge in [-0.25, -0.2) is 0 Å². The van der Waals surface area contributed by atoms with Gasteiger partial charge in [0.1, 0.15) is 0 Å². The van der Waals surface area contributed by atoms with Gasteiger partial charge < -0.3 is 5.32 Å². The largest absolute Gasteiger partial charge is 0.309 e. The molecule has 1 unspecified atom stereocenters. The second-order valence-electron chi connectivity index (χ2n) is 7.54. The minimum Gasteiger partial charge on any atom is -0.309 e. The number of benzene rings is 1. The van der Waals surface area contributed by atoms with Crippen LogP contribution in [0.1, 0.15) is 58.6 Å². The van der Waals surface area contributed by atoms with Gasteiger partial charge in [-0.05, 0) is 36.8 Å². The van der Waals surface area contributed by atoms with Crippen molar-refractivity contribution in [3.05, 3.63) is 35.9 Å². The van der Waals surface area contributed by atoms with Gasteiger partial charge in [0.05, 0.1) is 0 Å². The van der Waals surface area contributed by atoms with E-state index in [2.05, 4.69) is 68.2 Å². The van der Waals surface area contributed by atoms with Crippen LogP contribution in [0.2, 0.25) is 0 Å². The van der Waals surface area contributed by atoms with E-state index in [0.717, 1.165) is 12.6 Å². The van der Waals surface area contributed by atoms with E-state index in [1.54, 1.807) is 0 Å². The standard InChI is InChI=1S/C19H32N2/c1-5-21(17-11-12-17)14-13-20-18(15-19(2,3)4)16-9-7-6-8-10-16/h6-10,17-18,20H,5,11-15H2,1-4H3. The molecule has 0 amide bonds. The average Bonchev–Trinajstić information content (AvgIpc) is 3.26. The molecular weight excluding hydrogens is 256 g/mol. The molecule has 0 saturated heterocycles. The zero-order chi connectivity index (χ0) is 15.3. The third kappa shape index (κ3) is 5.80. The van der Waals surface area contributed by atoms with Crippen molar-refractivity contribution in [3.8, 4) is 0 Å². The second kappa shape index (κ2) is 7.42. The zero-order valence-corrected chi connectivity index (χ0v) is 14.2. The summed E-state index contributed by atoms with van der Waals surface area (Å²) in [5.41, 5.74) is 1.76. The molecule has 0 spiro atoms. The topological polar surface area (TPSA) is 15.3 Å². The average molecular weight is 288 g/mol. The molecule has 0 aromatic heterocycles. The highest BCUT2D eigenvalue weighted by atomic mass is 15.2. The van der Waals surface area contributed by atoms with Gasteiger partial charge in [0, 0.05) is 25.2 Å². The normalized spacial score (nSPS) is 17.2. The molecule has 2 heteroatoms. The molecule has 1 aromatic carbocycles. The van der Waals surface area contributed by atoms with Gasteiger partial charge in [-0.3, -0.25) is 4.90 Å². The fourth-order valence-electron chi connectivity index (χ4n) is 3.03. The van der Waals surface area contributed by atoms with E-state index in [4.69, 9.17) is 0 Å². The van der Waals surface area contributed by atoms with Crippen LogP contribution < -0.4 is 5.32 Å². The van der Waals surface area contributed by atoms with Crippen molar-refractivity contribution < 1.29 is 0 Å². The third-order valence-corrected chi connectivity index (χ3v) is 4.28. The first-order chi connectivity index (χ1) is 9.99. The number of nitrogens with one attached hydrogen (secondary N) is 1. The lowest BCUT2D eigenvalue weighted by molar-refractivity contribution is 0.258. The summed E-state index contributed by atoms with van der Waals surface area (Å²) in [6, 6.07) is 12.2. The van der Waals surface area contributed by atoms with Gasteiger partial charge in [0.2, 0.25) is 0 Å². The summed E-state index contributed by atoms with van der Waals surface area (Å²) < 4.78 is 0. The minimum absolute atomic E-state index is 0.342. The first-order valence-corrected chi connectivity index (χ1v) is 8.52. The fraction of sp³-hybridized carbons (Fsp3) is 0.684. The van der Waals surface area contributed by atoms with E-state index in [0.29, 0.717) is 11.5 Å². The van der Waals surface area contributed by atoms with Crippen LogP contribution in [0, 0.1) is 5.41 Å². The molecule has 118 valence electrons. The molecule has 2 rings (SSSR count). The van der Waals surface area contributed by atoms with Gasteiger partial charge >= 0.3 is 0 Å². The van der Waals surface area contributed by atoms with Crippen LogP contribution in [0.4, 0.5) is 0 Å². The Balaban J connectivity index is 1.89. The quantitative estimate of drug-likeness (QED) is 0.770. The van der Waals surface area contributed by atoms with Crippen molar-refractivity contribution in [2.45, 2.75) is 59.0 Å². The Morgan fingerprint density at radius 2 is 1.86 bits per heavy atom. The summed E-state index contributed by atoms with van der Waals surface area (Å²) in [4.78, 5) is 2.62. The zero-order valence-electron chi connectivity index (χ0n) is 14.2. The molecule has 1 fully saturated rings. The van der Waals surface area contributed by atoms with Crippen molar-refractivity contribution in [1.82, 2.24) is 10.2 Å². The van der Waals surface area contributed by atoms with E-state index in [1.165, 1.54) is 37.9 Å². The Bertz CT molecular complexity index is 403. The van der Waals surface area contributed by atoms with Crippen molar-refractivity contribution >= 4 is 0 Å². The molecule has 1 aliphatic rings. The van der Waals surface area contributed by atoms with E-state index in [-0.39, 0.29) is 0 Å². The molecule has 0 radical (unpaired) electrons. The Kier molecular flexibility index (Phi) is 5.83. The van der Waals surface area contributed by atoms with Crippen LogP contribution in [0.3, 0.4) is 0 Å². The molecular formula is C19H32N2. The molecule has 0 bridgehead atoms. The summed E-state index contributed by atoms with van der Waals surface area (Å²) >= 11 is 0. The van der Waals surface area contributed by atoms with E-state index < -0.39 is 0 Å². The summed E-state index contributed by atoms with van der Waals surface area (Å²) in [5.74, 6) is 0. The molecule has 2 nitrogen and oxygen atoms in total. The Labute approximate surface area is 130 Å². The Morgan fingerprint density at radius 3 is 2.38 bits per heavy atom. The summed E-state index contributed by atoms with van der Waals surface area (Å²) in [6.45, 7) is 12.7. The number of hydrogen-bond acceptors (Lipinski definition) is 2. The third-order valence-electron chi connectivity index (χ3n) is 4.28. The first-order valence-electron chi connectivity index (χ1n) is 8.52. The molecule has 21 heavy (non-hydrogen) atoms. The van der Waals surface area contributed by atoms with Gasteiger partial charge in [0.25, 0.3) is 0 Å². The predicted octanol–water partition coefficient (Wildman–Crippen LogP) is 4.24. The fourth-order valence-corrected chi connectivity index (χ4v) is 3.03. The Morgan fingerprint density at radius 1 is 1.19 bits per heavy atom. The van der Waals surface area contributed by atoms with Gasteiger partial charge in [-0.15, -0.1) is 0 Å². The maximum atomic E-state index is 3.80. The molecule has 0 heterocycles.